The molecule has 0 spiro atoms. The van der Waals surface area contributed by atoms with Gasteiger partial charge in [-0.05, 0) is 18.2 Å². The number of hydrogen-bond donors (Lipinski definition) is 1. The van der Waals surface area contributed by atoms with E-state index in [-0.39, 0.29) is 29.5 Å². The molecule has 174 valence electrons. The van der Waals surface area contributed by atoms with Crippen LogP contribution in [0.1, 0.15) is 5.56 Å². The van der Waals surface area contributed by atoms with Crippen molar-refractivity contribution >= 4 is 63.0 Å². The van der Waals surface area contributed by atoms with Gasteiger partial charge in [-0.2, -0.15) is 0 Å². The molecule has 34 heavy (non-hydrogen) atoms. The summed E-state index contributed by atoms with van der Waals surface area (Å²) in [6.07, 6.45) is 1.58. The number of fused-ring (bicyclic) bond motifs is 1. The highest BCUT2D eigenvalue weighted by Crippen LogP contribution is 2.44. The van der Waals surface area contributed by atoms with Gasteiger partial charge in [0.2, 0.25) is 5.91 Å². The molecule has 10 heteroatoms. The van der Waals surface area contributed by atoms with Crippen LogP contribution in [0.25, 0.3) is 5.57 Å². The molecule has 0 unspecified atom stereocenters. The predicted molar refractivity (Wildman–Crippen MR) is 136 cm³/mol. The van der Waals surface area contributed by atoms with Crippen molar-refractivity contribution < 1.29 is 23.9 Å². The maximum atomic E-state index is 13.5. The number of hydrogen-bond acceptors (Lipinski definition) is 7. The molecule has 4 rings (SSSR count). The molecule has 0 radical (unpaired) electrons. The fourth-order valence-electron chi connectivity index (χ4n) is 3.73. The molecular formula is C24H21N3O5S2. The van der Waals surface area contributed by atoms with E-state index >= 15 is 0 Å². The first-order valence-electron chi connectivity index (χ1n) is 10.2. The van der Waals surface area contributed by atoms with Crippen molar-refractivity contribution in [1.29, 1.82) is 0 Å². The summed E-state index contributed by atoms with van der Waals surface area (Å²) < 4.78 is 10.9. The maximum absolute atomic E-state index is 13.5. The molecule has 3 amide bonds. The van der Waals surface area contributed by atoms with Gasteiger partial charge in [0.05, 0.1) is 36.1 Å². The van der Waals surface area contributed by atoms with Crippen molar-refractivity contribution in [3.63, 3.8) is 0 Å². The van der Waals surface area contributed by atoms with Gasteiger partial charge in [-0.1, -0.05) is 48.3 Å². The van der Waals surface area contributed by atoms with Crippen molar-refractivity contribution in [1.82, 2.24) is 4.90 Å². The number of nitrogens with zero attached hydrogens (tertiary/aromatic N) is 2. The molecule has 0 bridgehead atoms. The van der Waals surface area contributed by atoms with E-state index in [1.165, 1.54) is 24.0 Å². The monoisotopic (exact) mass is 495 g/mol. The summed E-state index contributed by atoms with van der Waals surface area (Å²) in [6.45, 7) is 3.66. The summed E-state index contributed by atoms with van der Waals surface area (Å²) in [4.78, 5) is 42.4. The topological polar surface area (TPSA) is 88.2 Å². The summed E-state index contributed by atoms with van der Waals surface area (Å²) in [5, 5.41) is 2.77. The van der Waals surface area contributed by atoms with Crippen molar-refractivity contribution in [2.45, 2.75) is 0 Å². The van der Waals surface area contributed by atoms with E-state index < -0.39 is 11.8 Å². The van der Waals surface area contributed by atoms with E-state index in [2.05, 4.69) is 11.9 Å². The molecule has 0 aromatic heterocycles. The van der Waals surface area contributed by atoms with Gasteiger partial charge in [-0.15, -0.1) is 6.58 Å². The van der Waals surface area contributed by atoms with E-state index in [1.807, 2.05) is 0 Å². The molecule has 0 atom stereocenters. The van der Waals surface area contributed by atoms with Crippen LogP contribution in [0.4, 0.5) is 11.4 Å². The molecule has 2 heterocycles. The van der Waals surface area contributed by atoms with Gasteiger partial charge in [-0.3, -0.25) is 24.2 Å². The Morgan fingerprint density at radius 3 is 2.59 bits per heavy atom. The third-order valence-corrected chi connectivity index (χ3v) is 6.74. The Balaban J connectivity index is 1.63. The first kappa shape index (κ1) is 23.5. The van der Waals surface area contributed by atoms with Crippen LogP contribution < -0.4 is 19.7 Å². The lowest BCUT2D eigenvalue weighted by atomic mass is 10.1. The van der Waals surface area contributed by atoms with Crippen molar-refractivity contribution in [2.24, 2.45) is 0 Å². The zero-order valence-electron chi connectivity index (χ0n) is 18.5. The number of benzene rings is 2. The number of carbonyl (C=O) groups is 3. The minimum atomic E-state index is -0.433. The van der Waals surface area contributed by atoms with Gasteiger partial charge in [0.1, 0.15) is 22.4 Å². The highest BCUT2D eigenvalue weighted by atomic mass is 32.2. The lowest BCUT2D eigenvalue weighted by Crippen LogP contribution is -2.35. The zero-order valence-corrected chi connectivity index (χ0v) is 20.1. The molecule has 0 saturated carbocycles. The molecule has 1 N–H and O–H groups in total. The fraction of sp³-hybridized carbons (Fsp3) is 0.167. The lowest BCUT2D eigenvalue weighted by molar-refractivity contribution is -0.122. The standard InChI is InChI=1S/C24H21N3O5S2/c1-4-11-26-23(30)21(34-24(26)33)20-15-7-5-6-8-17(15)27(22(20)29)13-19(28)25-16-10-9-14(31-2)12-18(16)32-3/h4-10,12H,1,11,13H2,2-3H3,(H,25,28). The summed E-state index contributed by atoms with van der Waals surface area (Å²) in [5.41, 5.74) is 1.82. The largest absolute Gasteiger partial charge is 0.497 e. The number of thioether (sulfide) groups is 1. The van der Waals surface area contributed by atoms with E-state index in [4.69, 9.17) is 21.7 Å². The molecule has 1 fully saturated rings. The van der Waals surface area contributed by atoms with Crippen LogP contribution in [0.2, 0.25) is 0 Å². The number of nitrogens with one attached hydrogen (secondary N) is 1. The van der Waals surface area contributed by atoms with E-state index in [0.29, 0.717) is 32.8 Å². The second-order valence-corrected chi connectivity index (χ2v) is 8.94. The number of rotatable bonds is 7. The predicted octanol–water partition coefficient (Wildman–Crippen LogP) is 3.45. The summed E-state index contributed by atoms with van der Waals surface area (Å²) in [7, 11) is 3.02. The molecule has 2 aromatic carbocycles. The van der Waals surface area contributed by atoms with Gasteiger partial charge < -0.3 is 14.8 Å². The number of carbonyl (C=O) groups excluding carboxylic acids is 3. The Labute approximate surface area is 206 Å². The number of para-hydroxylation sites is 1. The Morgan fingerprint density at radius 1 is 1.12 bits per heavy atom. The van der Waals surface area contributed by atoms with Gasteiger partial charge >= 0.3 is 0 Å². The quantitative estimate of drug-likeness (QED) is 0.358. The number of ether oxygens (including phenoxy) is 2. The third-order valence-electron chi connectivity index (χ3n) is 5.30. The number of methoxy groups -OCH3 is 2. The first-order chi connectivity index (χ1) is 16.4. The van der Waals surface area contributed by atoms with Crippen LogP contribution in [0.3, 0.4) is 0 Å². The maximum Gasteiger partial charge on any atom is 0.267 e. The Kier molecular flexibility index (Phi) is 6.71. The van der Waals surface area contributed by atoms with Crippen LogP contribution in [0.5, 0.6) is 11.5 Å². The summed E-state index contributed by atoms with van der Waals surface area (Å²) in [6, 6.07) is 12.1. The minimum absolute atomic E-state index is 0.245. The van der Waals surface area contributed by atoms with Gasteiger partial charge in [0.25, 0.3) is 11.8 Å². The average Bonchev–Trinajstić information content (AvgIpc) is 3.27. The highest BCUT2D eigenvalue weighted by molar-refractivity contribution is 8.26. The van der Waals surface area contributed by atoms with Gasteiger partial charge in [0.15, 0.2) is 0 Å². The molecule has 8 nitrogen and oxygen atoms in total. The summed E-state index contributed by atoms with van der Waals surface area (Å²) in [5.74, 6) is -0.198. The van der Waals surface area contributed by atoms with Gasteiger partial charge in [-0.25, -0.2) is 0 Å². The molecule has 2 aliphatic rings. The minimum Gasteiger partial charge on any atom is -0.497 e. The summed E-state index contributed by atoms with van der Waals surface area (Å²) >= 11 is 6.40. The Hall–Kier alpha value is -3.63. The molecule has 2 aromatic rings. The second-order valence-electron chi connectivity index (χ2n) is 7.30. The fourth-order valence-corrected chi connectivity index (χ4v) is 5.07. The normalized spacial score (nSPS) is 17.2. The molecule has 0 aliphatic carbocycles. The number of anilines is 2. The van der Waals surface area contributed by atoms with E-state index in [1.54, 1.807) is 48.5 Å². The first-order valence-corrected chi connectivity index (χ1v) is 11.4. The smallest absolute Gasteiger partial charge is 0.267 e. The van der Waals surface area contributed by atoms with Crippen molar-refractivity contribution in [3.8, 4) is 11.5 Å². The van der Waals surface area contributed by atoms with Crippen molar-refractivity contribution in [3.05, 3.63) is 65.6 Å². The number of amides is 3. The SMILES string of the molecule is C=CCN1C(=O)C(=C2C(=O)N(CC(=O)Nc3ccc(OC)cc3OC)c3ccccc32)SC1=S. The average molecular weight is 496 g/mol. The third kappa shape index (κ3) is 4.17. The van der Waals surface area contributed by atoms with Crippen LogP contribution in [0.15, 0.2) is 60.0 Å². The van der Waals surface area contributed by atoms with Crippen LogP contribution in [-0.2, 0) is 14.4 Å². The van der Waals surface area contributed by atoms with Crippen LogP contribution >= 0.6 is 24.0 Å². The van der Waals surface area contributed by atoms with E-state index in [9.17, 15) is 14.4 Å². The van der Waals surface area contributed by atoms with Crippen LogP contribution in [-0.4, -0.2) is 54.3 Å². The molecule has 2 aliphatic heterocycles. The lowest BCUT2D eigenvalue weighted by Gasteiger charge is -2.18. The molecular weight excluding hydrogens is 474 g/mol. The second kappa shape index (κ2) is 9.70. The Bertz CT molecular complexity index is 1260. The van der Waals surface area contributed by atoms with Crippen LogP contribution in [0, 0.1) is 0 Å². The number of thiocarbonyl (C=S) groups is 1. The highest BCUT2D eigenvalue weighted by Gasteiger charge is 2.42. The van der Waals surface area contributed by atoms with Crippen molar-refractivity contribution in [2.75, 3.05) is 37.5 Å². The Morgan fingerprint density at radius 2 is 1.88 bits per heavy atom. The molecule has 1 saturated heterocycles. The van der Waals surface area contributed by atoms with E-state index in [0.717, 1.165) is 11.8 Å². The van der Waals surface area contributed by atoms with Gasteiger partial charge in [0, 0.05) is 18.2 Å². The zero-order chi connectivity index (χ0) is 24.4.